The third-order valence-electron chi connectivity index (χ3n) is 3.44. The molecule has 1 N–H and O–H groups in total. The molecular formula is C16H14Cl3N3. The summed E-state index contributed by atoms with van der Waals surface area (Å²) in [4.78, 5) is 0. The lowest BCUT2D eigenvalue weighted by atomic mass is 10.0. The molecule has 1 aliphatic heterocycles. The van der Waals surface area contributed by atoms with E-state index in [-0.39, 0.29) is 0 Å². The van der Waals surface area contributed by atoms with Crippen molar-refractivity contribution in [3.8, 4) is 0 Å². The van der Waals surface area contributed by atoms with Crippen molar-refractivity contribution in [3.63, 3.8) is 0 Å². The second-order valence-electron chi connectivity index (χ2n) is 5.00. The van der Waals surface area contributed by atoms with Gasteiger partial charge in [0.1, 0.15) is 0 Å². The van der Waals surface area contributed by atoms with Gasteiger partial charge in [-0.1, -0.05) is 46.9 Å². The van der Waals surface area contributed by atoms with E-state index in [1.54, 1.807) is 0 Å². The molecule has 1 heterocycles. The summed E-state index contributed by atoms with van der Waals surface area (Å²) in [5.74, 6) is 0. The van der Waals surface area contributed by atoms with Crippen LogP contribution in [0.3, 0.4) is 0 Å². The summed E-state index contributed by atoms with van der Waals surface area (Å²) in [6.07, 6.45) is 2.48. The van der Waals surface area contributed by atoms with E-state index in [1.807, 2.05) is 47.6 Å². The second kappa shape index (κ2) is 6.88. The number of hydrogen-bond donors (Lipinski definition) is 1. The van der Waals surface area contributed by atoms with Gasteiger partial charge in [0, 0.05) is 34.2 Å². The van der Waals surface area contributed by atoms with Gasteiger partial charge in [-0.25, -0.2) is 0 Å². The highest BCUT2D eigenvalue weighted by Gasteiger charge is 2.14. The van der Waals surface area contributed by atoms with Crippen LogP contribution in [0.5, 0.6) is 0 Å². The van der Waals surface area contributed by atoms with Crippen LogP contribution < -0.4 is 10.3 Å². The fourth-order valence-corrected chi connectivity index (χ4v) is 3.02. The maximum absolute atomic E-state index is 6.43. The molecule has 0 fully saturated rings. The van der Waals surface area contributed by atoms with Crippen molar-refractivity contribution < 1.29 is 0 Å². The Kier molecular flexibility index (Phi) is 4.89. The molecule has 114 valence electrons. The molecule has 0 unspecified atom stereocenters. The molecule has 2 aromatic rings. The average Bonchev–Trinajstić information content (AvgIpc) is 2.53. The molecule has 0 amide bonds. The maximum atomic E-state index is 6.43. The molecular weight excluding hydrogens is 341 g/mol. The van der Waals surface area contributed by atoms with Gasteiger partial charge in [0.25, 0.3) is 0 Å². The minimum Gasteiger partial charge on any atom is -0.293 e. The number of rotatable bonds is 3. The Bertz CT molecular complexity index is 675. The minimum absolute atomic E-state index is 0.637. The third kappa shape index (κ3) is 3.55. The fraction of sp³-hybridized carbons (Fsp3) is 0.188. The lowest BCUT2D eigenvalue weighted by Crippen LogP contribution is -2.36. The average molecular weight is 355 g/mol. The molecule has 0 aromatic heterocycles. The van der Waals surface area contributed by atoms with E-state index in [1.165, 1.54) is 0 Å². The van der Waals surface area contributed by atoms with Crippen molar-refractivity contribution in [2.45, 2.75) is 6.42 Å². The van der Waals surface area contributed by atoms with Crippen molar-refractivity contribution in [2.75, 3.05) is 18.2 Å². The Labute approximate surface area is 144 Å². The molecule has 0 bridgehead atoms. The molecule has 2 aromatic carbocycles. The quantitative estimate of drug-likeness (QED) is 0.873. The van der Waals surface area contributed by atoms with Gasteiger partial charge in [-0.15, -0.1) is 0 Å². The number of benzene rings is 2. The summed E-state index contributed by atoms with van der Waals surface area (Å²) in [6.45, 7) is 1.41. The SMILES string of the molecule is Clc1ccc(Cc2c(Cl)cc(N3CNCC=N3)cc2Cl)cc1. The van der Waals surface area contributed by atoms with E-state index in [0.29, 0.717) is 28.2 Å². The smallest absolute Gasteiger partial charge is 0.0913 e. The summed E-state index contributed by atoms with van der Waals surface area (Å²) in [5, 5.41) is 11.3. The number of halogens is 3. The van der Waals surface area contributed by atoms with E-state index >= 15 is 0 Å². The topological polar surface area (TPSA) is 27.6 Å². The maximum Gasteiger partial charge on any atom is 0.0913 e. The van der Waals surface area contributed by atoms with Gasteiger partial charge >= 0.3 is 0 Å². The number of nitrogens with zero attached hydrogens (tertiary/aromatic N) is 2. The standard InChI is InChI=1S/C16H14Cl3N3/c17-12-3-1-11(2-4-12)7-14-15(18)8-13(9-16(14)19)22-10-20-5-6-21-22/h1-4,6,8-9,20H,5,7,10H2. The predicted molar refractivity (Wildman–Crippen MR) is 94.6 cm³/mol. The molecule has 0 radical (unpaired) electrons. The van der Waals surface area contributed by atoms with E-state index < -0.39 is 0 Å². The molecule has 0 spiro atoms. The van der Waals surface area contributed by atoms with Gasteiger partial charge in [-0.2, -0.15) is 5.10 Å². The number of anilines is 1. The Morgan fingerprint density at radius 1 is 1.05 bits per heavy atom. The van der Waals surface area contributed by atoms with Crippen LogP contribution in [0.4, 0.5) is 5.69 Å². The normalized spacial score (nSPS) is 14.4. The molecule has 0 saturated carbocycles. The number of hydrogen-bond acceptors (Lipinski definition) is 3. The van der Waals surface area contributed by atoms with Crippen molar-refractivity contribution in [2.24, 2.45) is 5.10 Å². The molecule has 0 aliphatic carbocycles. The molecule has 0 saturated heterocycles. The van der Waals surface area contributed by atoms with Crippen LogP contribution in [-0.4, -0.2) is 19.4 Å². The van der Waals surface area contributed by atoms with Gasteiger partial charge in [0.15, 0.2) is 0 Å². The highest BCUT2D eigenvalue weighted by molar-refractivity contribution is 6.36. The fourth-order valence-electron chi connectivity index (χ4n) is 2.29. The molecule has 3 nitrogen and oxygen atoms in total. The van der Waals surface area contributed by atoms with Crippen LogP contribution in [-0.2, 0) is 6.42 Å². The first-order valence-electron chi connectivity index (χ1n) is 6.86. The summed E-state index contributed by atoms with van der Waals surface area (Å²) < 4.78 is 0. The van der Waals surface area contributed by atoms with Gasteiger partial charge in [0.05, 0.1) is 12.4 Å². The zero-order valence-corrected chi connectivity index (χ0v) is 14.0. The summed E-state index contributed by atoms with van der Waals surface area (Å²) >= 11 is 18.8. The van der Waals surface area contributed by atoms with E-state index in [2.05, 4.69) is 10.4 Å². The van der Waals surface area contributed by atoms with Gasteiger partial charge in [-0.05, 0) is 35.4 Å². The molecule has 6 heteroatoms. The van der Waals surface area contributed by atoms with Gasteiger partial charge in [-0.3, -0.25) is 10.3 Å². The number of hydrazone groups is 1. The lowest BCUT2D eigenvalue weighted by Gasteiger charge is -2.23. The zero-order valence-electron chi connectivity index (χ0n) is 11.7. The summed E-state index contributed by atoms with van der Waals surface area (Å²) in [5.41, 5.74) is 2.89. The van der Waals surface area contributed by atoms with Crippen molar-refractivity contribution in [1.82, 2.24) is 5.32 Å². The lowest BCUT2D eigenvalue weighted by molar-refractivity contribution is 0.694. The zero-order chi connectivity index (χ0) is 15.5. The highest BCUT2D eigenvalue weighted by Crippen LogP contribution is 2.33. The van der Waals surface area contributed by atoms with Crippen molar-refractivity contribution in [1.29, 1.82) is 0 Å². The Morgan fingerprint density at radius 3 is 2.32 bits per heavy atom. The highest BCUT2D eigenvalue weighted by atomic mass is 35.5. The van der Waals surface area contributed by atoms with E-state index in [4.69, 9.17) is 34.8 Å². The minimum atomic E-state index is 0.637. The van der Waals surface area contributed by atoms with E-state index in [9.17, 15) is 0 Å². The monoisotopic (exact) mass is 353 g/mol. The Hall–Kier alpha value is -1.26. The largest absolute Gasteiger partial charge is 0.293 e. The first-order chi connectivity index (χ1) is 10.6. The Balaban J connectivity index is 1.87. The predicted octanol–water partition coefficient (Wildman–Crippen LogP) is 4.59. The Morgan fingerprint density at radius 2 is 1.73 bits per heavy atom. The first-order valence-corrected chi connectivity index (χ1v) is 8.00. The van der Waals surface area contributed by atoms with Gasteiger partial charge in [0.2, 0.25) is 0 Å². The van der Waals surface area contributed by atoms with Crippen LogP contribution in [0, 0.1) is 0 Å². The van der Waals surface area contributed by atoms with Crippen LogP contribution in [0.15, 0.2) is 41.5 Å². The molecule has 3 rings (SSSR count). The molecule has 22 heavy (non-hydrogen) atoms. The summed E-state index contributed by atoms with van der Waals surface area (Å²) in [7, 11) is 0. The number of nitrogens with one attached hydrogen (secondary N) is 1. The summed E-state index contributed by atoms with van der Waals surface area (Å²) in [6, 6.07) is 11.5. The second-order valence-corrected chi connectivity index (χ2v) is 6.25. The first kappa shape index (κ1) is 15.6. The van der Waals surface area contributed by atoms with E-state index in [0.717, 1.165) is 23.4 Å². The van der Waals surface area contributed by atoms with Crippen molar-refractivity contribution >= 4 is 46.7 Å². The van der Waals surface area contributed by atoms with Crippen LogP contribution >= 0.6 is 34.8 Å². The third-order valence-corrected chi connectivity index (χ3v) is 4.36. The van der Waals surface area contributed by atoms with Gasteiger partial charge < -0.3 is 0 Å². The molecule has 0 atom stereocenters. The molecule has 1 aliphatic rings. The van der Waals surface area contributed by atoms with Crippen LogP contribution in [0.25, 0.3) is 0 Å². The van der Waals surface area contributed by atoms with Crippen LogP contribution in [0.2, 0.25) is 15.1 Å². The van der Waals surface area contributed by atoms with Crippen LogP contribution in [0.1, 0.15) is 11.1 Å². The van der Waals surface area contributed by atoms with Crippen molar-refractivity contribution in [3.05, 3.63) is 62.6 Å².